The Balaban J connectivity index is 2.34. The van der Waals surface area contributed by atoms with E-state index < -0.39 is 24.6 Å². The molecule has 0 aliphatic carbocycles. The van der Waals surface area contributed by atoms with Crippen LogP contribution in [0.25, 0.3) is 0 Å². The maximum absolute atomic E-state index is 11.2. The summed E-state index contributed by atoms with van der Waals surface area (Å²) in [6, 6.07) is -0.0471. The molecule has 1 atom stereocenters. The van der Waals surface area contributed by atoms with Crippen molar-refractivity contribution in [3.05, 3.63) is 5.89 Å². The van der Waals surface area contributed by atoms with Gasteiger partial charge in [0, 0.05) is 6.92 Å². The van der Waals surface area contributed by atoms with E-state index in [-0.39, 0.29) is 6.01 Å². The van der Waals surface area contributed by atoms with Gasteiger partial charge in [0.25, 0.3) is 5.91 Å². The highest BCUT2D eigenvalue weighted by Crippen LogP contribution is 2.03. The van der Waals surface area contributed by atoms with E-state index in [9.17, 15) is 9.59 Å². The molecule has 0 unspecified atom stereocenters. The fraction of sp³-hybridized carbons (Fsp3) is 0.500. The van der Waals surface area contributed by atoms with Crippen molar-refractivity contribution in [3.8, 4) is 0 Å². The van der Waals surface area contributed by atoms with E-state index in [2.05, 4.69) is 15.5 Å². The zero-order valence-electron chi connectivity index (χ0n) is 8.76. The summed E-state index contributed by atoms with van der Waals surface area (Å²) < 4.78 is 9.63. The Morgan fingerprint density at radius 1 is 1.56 bits per heavy atom. The third kappa shape index (κ3) is 3.65. The molecular weight excluding hydrogens is 218 g/mol. The van der Waals surface area contributed by atoms with Gasteiger partial charge in [-0.25, -0.2) is 4.79 Å². The Morgan fingerprint density at radius 3 is 2.75 bits per heavy atom. The minimum absolute atomic E-state index is 0.0471. The molecule has 0 aliphatic rings. The first kappa shape index (κ1) is 12.1. The number of carboxylic acid groups (broad SMARTS) is 1. The standard InChI is InChI=1S/C8H11N3O5/c1-4(7(13)14)15-3-6(12)9-8-11-10-5(2)16-8/h4H,3H2,1-2H3,(H,13,14)(H,9,11,12)/t4-/m1/s1. The van der Waals surface area contributed by atoms with Crippen LogP contribution in [0.4, 0.5) is 6.01 Å². The summed E-state index contributed by atoms with van der Waals surface area (Å²) in [5, 5.41) is 17.8. The maximum atomic E-state index is 11.2. The van der Waals surface area contributed by atoms with Crippen molar-refractivity contribution in [1.29, 1.82) is 0 Å². The fourth-order valence-corrected chi connectivity index (χ4v) is 0.774. The van der Waals surface area contributed by atoms with Gasteiger partial charge in [-0.05, 0) is 6.92 Å². The molecule has 0 saturated carbocycles. The van der Waals surface area contributed by atoms with Gasteiger partial charge in [-0.3, -0.25) is 10.1 Å². The van der Waals surface area contributed by atoms with E-state index >= 15 is 0 Å². The Kier molecular flexibility index (Phi) is 3.95. The van der Waals surface area contributed by atoms with E-state index in [4.69, 9.17) is 14.3 Å². The molecule has 0 saturated heterocycles. The van der Waals surface area contributed by atoms with Crippen LogP contribution in [0.3, 0.4) is 0 Å². The number of aromatic nitrogens is 2. The lowest BCUT2D eigenvalue weighted by atomic mass is 10.4. The summed E-state index contributed by atoms with van der Waals surface area (Å²) in [7, 11) is 0. The third-order valence-corrected chi connectivity index (χ3v) is 1.58. The van der Waals surface area contributed by atoms with Crippen LogP contribution >= 0.6 is 0 Å². The number of rotatable bonds is 5. The Hall–Kier alpha value is -1.96. The quantitative estimate of drug-likeness (QED) is 0.718. The first-order chi connectivity index (χ1) is 7.49. The van der Waals surface area contributed by atoms with Gasteiger partial charge in [0.2, 0.25) is 5.89 Å². The molecule has 0 fully saturated rings. The number of aliphatic carboxylic acids is 1. The summed E-state index contributed by atoms with van der Waals surface area (Å²) in [6.07, 6.45) is -1.05. The lowest BCUT2D eigenvalue weighted by molar-refractivity contribution is -0.150. The van der Waals surface area contributed by atoms with Crippen LogP contribution in [-0.2, 0) is 14.3 Å². The monoisotopic (exact) mass is 229 g/mol. The smallest absolute Gasteiger partial charge is 0.332 e. The molecule has 0 radical (unpaired) electrons. The molecule has 1 aromatic heterocycles. The van der Waals surface area contributed by atoms with Gasteiger partial charge in [-0.15, -0.1) is 5.10 Å². The second-order valence-electron chi connectivity index (χ2n) is 2.97. The van der Waals surface area contributed by atoms with E-state index in [1.165, 1.54) is 6.92 Å². The number of carbonyl (C=O) groups excluding carboxylic acids is 1. The summed E-state index contributed by atoms with van der Waals surface area (Å²) in [5.41, 5.74) is 0. The minimum atomic E-state index is -1.14. The van der Waals surface area contributed by atoms with Gasteiger partial charge in [0.05, 0.1) is 0 Å². The van der Waals surface area contributed by atoms with Crippen LogP contribution in [0.5, 0.6) is 0 Å². The number of anilines is 1. The Bertz CT molecular complexity index is 389. The zero-order chi connectivity index (χ0) is 12.1. The molecule has 1 amide bonds. The van der Waals surface area contributed by atoms with Gasteiger partial charge >= 0.3 is 12.0 Å². The van der Waals surface area contributed by atoms with E-state index in [1.807, 2.05) is 0 Å². The van der Waals surface area contributed by atoms with Crippen molar-refractivity contribution < 1.29 is 23.8 Å². The topological polar surface area (TPSA) is 115 Å². The van der Waals surface area contributed by atoms with Crippen molar-refractivity contribution in [2.24, 2.45) is 0 Å². The molecule has 0 aromatic carbocycles. The highest BCUT2D eigenvalue weighted by atomic mass is 16.5. The van der Waals surface area contributed by atoms with Crippen molar-refractivity contribution >= 4 is 17.9 Å². The van der Waals surface area contributed by atoms with Gasteiger partial charge < -0.3 is 14.3 Å². The molecule has 1 heterocycles. The number of aryl methyl sites for hydroxylation is 1. The summed E-state index contributed by atoms with van der Waals surface area (Å²) in [6.45, 7) is 2.51. The molecule has 16 heavy (non-hydrogen) atoms. The van der Waals surface area contributed by atoms with Crippen LogP contribution in [-0.4, -0.2) is 39.9 Å². The fourth-order valence-electron chi connectivity index (χ4n) is 0.774. The van der Waals surface area contributed by atoms with Gasteiger partial charge in [0.1, 0.15) is 6.61 Å². The van der Waals surface area contributed by atoms with Crippen molar-refractivity contribution in [2.75, 3.05) is 11.9 Å². The molecule has 2 N–H and O–H groups in total. The van der Waals surface area contributed by atoms with Crippen LogP contribution in [0.15, 0.2) is 4.42 Å². The molecule has 8 nitrogen and oxygen atoms in total. The van der Waals surface area contributed by atoms with Crippen molar-refractivity contribution in [1.82, 2.24) is 10.2 Å². The average molecular weight is 229 g/mol. The highest BCUT2D eigenvalue weighted by molar-refractivity contribution is 5.89. The van der Waals surface area contributed by atoms with Crippen molar-refractivity contribution in [3.63, 3.8) is 0 Å². The largest absolute Gasteiger partial charge is 0.479 e. The number of ether oxygens (including phenoxy) is 1. The summed E-state index contributed by atoms with van der Waals surface area (Å²) in [5.74, 6) is -1.38. The SMILES string of the molecule is Cc1nnc(NC(=O)CO[C@H](C)C(=O)O)o1. The minimum Gasteiger partial charge on any atom is -0.479 e. The Labute approximate surface area is 90.6 Å². The number of nitrogens with zero attached hydrogens (tertiary/aromatic N) is 2. The molecule has 1 rings (SSSR count). The van der Waals surface area contributed by atoms with E-state index in [0.717, 1.165) is 0 Å². The Morgan fingerprint density at radius 2 is 2.25 bits per heavy atom. The van der Waals surface area contributed by atoms with Crippen LogP contribution in [0.1, 0.15) is 12.8 Å². The molecule has 0 bridgehead atoms. The predicted molar refractivity (Wildman–Crippen MR) is 50.7 cm³/mol. The maximum Gasteiger partial charge on any atom is 0.332 e. The third-order valence-electron chi connectivity index (χ3n) is 1.58. The molecule has 0 aliphatic heterocycles. The lowest BCUT2D eigenvalue weighted by Gasteiger charge is -2.06. The van der Waals surface area contributed by atoms with Crippen LogP contribution in [0, 0.1) is 6.92 Å². The first-order valence-electron chi connectivity index (χ1n) is 4.43. The summed E-state index contributed by atoms with van der Waals surface area (Å²) in [4.78, 5) is 21.6. The van der Waals surface area contributed by atoms with Gasteiger partial charge in [0.15, 0.2) is 6.10 Å². The normalized spacial score (nSPS) is 12.1. The molecule has 88 valence electrons. The van der Waals surface area contributed by atoms with Gasteiger partial charge in [-0.2, -0.15) is 0 Å². The van der Waals surface area contributed by atoms with Crippen molar-refractivity contribution in [2.45, 2.75) is 20.0 Å². The van der Waals surface area contributed by atoms with E-state index in [1.54, 1.807) is 6.92 Å². The number of hydrogen-bond donors (Lipinski definition) is 2. The molecule has 0 spiro atoms. The number of nitrogens with one attached hydrogen (secondary N) is 1. The number of amides is 1. The first-order valence-corrected chi connectivity index (χ1v) is 4.43. The molecular formula is C8H11N3O5. The zero-order valence-corrected chi connectivity index (χ0v) is 8.76. The number of carboxylic acids is 1. The number of carbonyl (C=O) groups is 2. The average Bonchev–Trinajstić information content (AvgIpc) is 2.60. The van der Waals surface area contributed by atoms with E-state index in [0.29, 0.717) is 5.89 Å². The number of hydrogen-bond acceptors (Lipinski definition) is 6. The molecule has 1 aromatic rings. The molecule has 8 heteroatoms. The van der Waals surface area contributed by atoms with Gasteiger partial charge in [-0.1, -0.05) is 5.10 Å². The predicted octanol–water partition coefficient (Wildman–Crippen LogP) is -0.194. The van der Waals surface area contributed by atoms with Crippen LogP contribution < -0.4 is 5.32 Å². The second kappa shape index (κ2) is 5.21. The van der Waals surface area contributed by atoms with Crippen LogP contribution in [0.2, 0.25) is 0 Å². The lowest BCUT2D eigenvalue weighted by Crippen LogP contribution is -2.26. The second-order valence-corrected chi connectivity index (χ2v) is 2.97. The summed E-state index contributed by atoms with van der Waals surface area (Å²) >= 11 is 0. The highest BCUT2D eigenvalue weighted by Gasteiger charge is 2.14.